The van der Waals surface area contributed by atoms with Crippen molar-refractivity contribution in [2.24, 2.45) is 10.9 Å². The molecule has 150 valence electrons. The molecule has 0 saturated carbocycles. The predicted octanol–water partition coefficient (Wildman–Crippen LogP) is 3.35. The SMILES string of the molecule is CN1C=C(Nc2cc3cccc(Cl)c3cn2)N=C(OCC2CCNCC2)C1C#N. The van der Waals surface area contributed by atoms with Crippen molar-refractivity contribution in [3.63, 3.8) is 0 Å². The van der Waals surface area contributed by atoms with Crippen molar-refractivity contribution in [1.82, 2.24) is 15.2 Å². The average molecular weight is 411 g/mol. The lowest BCUT2D eigenvalue weighted by atomic mass is 9.99. The Morgan fingerprint density at radius 3 is 3.00 bits per heavy atom. The Balaban J connectivity index is 1.51. The van der Waals surface area contributed by atoms with Gasteiger partial charge < -0.3 is 20.3 Å². The topological polar surface area (TPSA) is 85.6 Å². The Hall–Kier alpha value is -2.82. The van der Waals surface area contributed by atoms with Crippen LogP contribution in [0.1, 0.15) is 12.8 Å². The molecule has 0 bridgehead atoms. The first-order valence-corrected chi connectivity index (χ1v) is 10.1. The Labute approximate surface area is 175 Å². The summed E-state index contributed by atoms with van der Waals surface area (Å²) in [6, 6.07) is 9.38. The Kier molecular flexibility index (Phi) is 5.84. The zero-order chi connectivity index (χ0) is 20.2. The van der Waals surface area contributed by atoms with Crippen LogP contribution in [0.3, 0.4) is 0 Å². The van der Waals surface area contributed by atoms with Crippen molar-refractivity contribution in [3.8, 4) is 6.07 Å². The molecule has 3 heterocycles. The summed E-state index contributed by atoms with van der Waals surface area (Å²) in [5.74, 6) is 2.13. The minimum absolute atomic E-state index is 0.419. The largest absolute Gasteiger partial charge is 0.478 e. The van der Waals surface area contributed by atoms with Gasteiger partial charge >= 0.3 is 0 Å². The van der Waals surface area contributed by atoms with Gasteiger partial charge in [-0.3, -0.25) is 0 Å². The maximum Gasteiger partial charge on any atom is 0.228 e. The summed E-state index contributed by atoms with van der Waals surface area (Å²) in [4.78, 5) is 10.8. The number of aromatic nitrogens is 1. The number of nitrogens with one attached hydrogen (secondary N) is 2. The van der Waals surface area contributed by atoms with E-state index in [0.717, 1.165) is 36.7 Å². The fourth-order valence-corrected chi connectivity index (χ4v) is 3.78. The minimum Gasteiger partial charge on any atom is -0.478 e. The summed E-state index contributed by atoms with van der Waals surface area (Å²) < 4.78 is 5.99. The van der Waals surface area contributed by atoms with Gasteiger partial charge in [-0.05, 0) is 49.4 Å². The molecule has 0 radical (unpaired) electrons. The van der Waals surface area contributed by atoms with E-state index in [1.54, 1.807) is 17.3 Å². The number of halogens is 1. The molecule has 1 unspecified atom stereocenters. The Morgan fingerprint density at radius 1 is 1.38 bits per heavy atom. The second kappa shape index (κ2) is 8.68. The summed E-state index contributed by atoms with van der Waals surface area (Å²) in [5, 5.41) is 18.7. The molecular weight excluding hydrogens is 388 g/mol. The summed E-state index contributed by atoms with van der Waals surface area (Å²) in [6.07, 6.45) is 5.67. The maximum absolute atomic E-state index is 9.55. The molecule has 2 N–H and O–H groups in total. The van der Waals surface area contributed by atoms with E-state index >= 15 is 0 Å². The van der Waals surface area contributed by atoms with Gasteiger partial charge in [0.25, 0.3) is 0 Å². The van der Waals surface area contributed by atoms with Crippen molar-refractivity contribution in [1.29, 1.82) is 5.26 Å². The van der Waals surface area contributed by atoms with Gasteiger partial charge in [0.15, 0.2) is 11.9 Å². The molecule has 2 aliphatic rings. The zero-order valence-corrected chi connectivity index (χ0v) is 17.0. The van der Waals surface area contributed by atoms with Crippen molar-refractivity contribution in [2.75, 3.05) is 32.1 Å². The van der Waals surface area contributed by atoms with Crippen LogP contribution in [-0.4, -0.2) is 48.6 Å². The van der Waals surface area contributed by atoms with Gasteiger partial charge in [0.2, 0.25) is 5.90 Å². The van der Waals surface area contributed by atoms with E-state index in [9.17, 15) is 5.26 Å². The van der Waals surface area contributed by atoms with Crippen LogP contribution in [0, 0.1) is 17.2 Å². The third-order valence-electron chi connectivity index (χ3n) is 5.21. The highest BCUT2D eigenvalue weighted by Gasteiger charge is 2.27. The molecule has 0 amide bonds. The second-order valence-electron chi connectivity index (χ2n) is 7.32. The van der Waals surface area contributed by atoms with E-state index in [-0.39, 0.29) is 0 Å². The number of anilines is 1. The lowest BCUT2D eigenvalue weighted by Gasteiger charge is -2.29. The van der Waals surface area contributed by atoms with Gasteiger partial charge in [0.1, 0.15) is 5.82 Å². The van der Waals surface area contributed by atoms with Crippen LogP contribution in [0.4, 0.5) is 5.82 Å². The number of hydrogen-bond donors (Lipinski definition) is 2. The molecular formula is C21H23ClN6O. The third-order valence-corrected chi connectivity index (χ3v) is 5.54. The molecule has 8 heteroatoms. The normalized spacial score (nSPS) is 20.0. The molecule has 2 aliphatic heterocycles. The third kappa shape index (κ3) is 4.44. The minimum atomic E-state index is -0.536. The van der Waals surface area contributed by atoms with Crippen LogP contribution in [0.25, 0.3) is 10.8 Å². The maximum atomic E-state index is 9.55. The average Bonchev–Trinajstić information content (AvgIpc) is 2.73. The highest BCUT2D eigenvalue weighted by Crippen LogP contribution is 2.25. The lowest BCUT2D eigenvalue weighted by Crippen LogP contribution is -2.40. The van der Waals surface area contributed by atoms with E-state index in [0.29, 0.717) is 35.1 Å². The lowest BCUT2D eigenvalue weighted by molar-refractivity contribution is 0.190. The number of pyridine rings is 1. The van der Waals surface area contributed by atoms with E-state index in [1.807, 2.05) is 31.3 Å². The first kappa shape index (κ1) is 19.5. The fraction of sp³-hybridized carbons (Fsp3) is 0.381. The molecule has 0 aliphatic carbocycles. The summed E-state index contributed by atoms with van der Waals surface area (Å²) >= 11 is 6.22. The molecule has 1 aromatic carbocycles. The van der Waals surface area contributed by atoms with Gasteiger partial charge in [-0.15, -0.1) is 0 Å². The number of nitrogens with zero attached hydrogens (tertiary/aromatic N) is 4. The van der Waals surface area contributed by atoms with Gasteiger partial charge in [0, 0.05) is 29.9 Å². The van der Waals surface area contributed by atoms with Crippen LogP contribution < -0.4 is 10.6 Å². The first-order chi connectivity index (χ1) is 14.1. The second-order valence-corrected chi connectivity index (χ2v) is 7.73. The predicted molar refractivity (Wildman–Crippen MR) is 115 cm³/mol. The number of piperidine rings is 1. The van der Waals surface area contributed by atoms with Crippen LogP contribution in [-0.2, 0) is 4.74 Å². The molecule has 7 nitrogen and oxygen atoms in total. The monoisotopic (exact) mass is 410 g/mol. The Morgan fingerprint density at radius 2 is 2.21 bits per heavy atom. The van der Waals surface area contributed by atoms with Crippen LogP contribution in [0.15, 0.2) is 47.5 Å². The number of fused-ring (bicyclic) bond motifs is 1. The number of hydrogen-bond acceptors (Lipinski definition) is 7. The summed E-state index contributed by atoms with van der Waals surface area (Å²) in [6.45, 7) is 2.59. The quantitative estimate of drug-likeness (QED) is 0.803. The zero-order valence-electron chi connectivity index (χ0n) is 16.2. The summed E-state index contributed by atoms with van der Waals surface area (Å²) in [5.41, 5.74) is 0. The first-order valence-electron chi connectivity index (χ1n) is 9.71. The summed E-state index contributed by atoms with van der Waals surface area (Å²) in [7, 11) is 1.84. The standard InChI is InChI=1S/C21H23ClN6O/c1-28-12-20(26-19-9-15-3-2-4-17(22)16(15)11-25-19)27-21(18(28)10-23)29-13-14-5-7-24-8-6-14/h2-4,9,11-12,14,18,24H,5-8,13H2,1H3,(H,25,26). The smallest absolute Gasteiger partial charge is 0.228 e. The highest BCUT2D eigenvalue weighted by molar-refractivity contribution is 6.35. The molecule has 2 aromatic rings. The molecule has 1 fully saturated rings. The van der Waals surface area contributed by atoms with Crippen LogP contribution in [0.2, 0.25) is 5.02 Å². The van der Waals surface area contributed by atoms with E-state index in [1.165, 1.54) is 0 Å². The van der Waals surface area contributed by atoms with Crippen LogP contribution >= 0.6 is 11.6 Å². The number of nitriles is 1. The van der Waals surface area contributed by atoms with Gasteiger partial charge in [-0.1, -0.05) is 23.7 Å². The molecule has 0 spiro atoms. The molecule has 1 saturated heterocycles. The van der Waals surface area contributed by atoms with E-state index in [4.69, 9.17) is 16.3 Å². The van der Waals surface area contributed by atoms with Crippen molar-refractivity contribution >= 4 is 34.1 Å². The molecule has 4 rings (SSSR count). The number of benzene rings is 1. The molecule has 1 aromatic heterocycles. The van der Waals surface area contributed by atoms with Crippen molar-refractivity contribution in [3.05, 3.63) is 47.5 Å². The van der Waals surface area contributed by atoms with Gasteiger partial charge in [0.05, 0.1) is 12.7 Å². The van der Waals surface area contributed by atoms with Crippen LogP contribution in [0.5, 0.6) is 0 Å². The molecule has 29 heavy (non-hydrogen) atoms. The van der Waals surface area contributed by atoms with Crippen molar-refractivity contribution in [2.45, 2.75) is 18.9 Å². The Bertz CT molecular complexity index is 992. The van der Waals surface area contributed by atoms with E-state index < -0.39 is 6.04 Å². The van der Waals surface area contributed by atoms with Crippen molar-refractivity contribution < 1.29 is 4.74 Å². The highest BCUT2D eigenvalue weighted by atomic mass is 35.5. The number of aliphatic imine (C=N–C) groups is 1. The molecule has 1 atom stereocenters. The number of rotatable bonds is 4. The fourth-order valence-electron chi connectivity index (χ4n) is 3.55. The number of likely N-dealkylation sites (N-methyl/N-ethyl adjacent to an activating group) is 1. The van der Waals surface area contributed by atoms with Gasteiger partial charge in [-0.2, -0.15) is 10.3 Å². The van der Waals surface area contributed by atoms with Gasteiger partial charge in [-0.25, -0.2) is 4.98 Å². The number of ether oxygens (including phenoxy) is 1. The van der Waals surface area contributed by atoms with E-state index in [2.05, 4.69) is 26.7 Å².